The molecule has 194 valence electrons. The molecule has 0 aliphatic carbocycles. The second-order valence-corrected chi connectivity index (χ2v) is 9.43. The van der Waals surface area contributed by atoms with E-state index >= 15 is 0 Å². The molecular weight excluding hydrogens is 542 g/mol. The first-order valence-corrected chi connectivity index (χ1v) is 12.7. The minimum Gasteiger partial charge on any atom is -0.507 e. The first-order valence-electron chi connectivity index (χ1n) is 11.9. The molecule has 4 rings (SSSR count). The van der Waals surface area contributed by atoms with Gasteiger partial charge in [0.05, 0.1) is 36.1 Å². The topological polar surface area (TPSA) is 114 Å². The summed E-state index contributed by atoms with van der Waals surface area (Å²) in [6, 6.07) is 9.07. The van der Waals surface area contributed by atoms with Crippen molar-refractivity contribution >= 4 is 33.4 Å². The summed E-state index contributed by atoms with van der Waals surface area (Å²) in [6.45, 7) is 3.34. The molecule has 2 aromatic carbocycles. The molecule has 0 spiro atoms. The molecule has 1 aliphatic rings. The van der Waals surface area contributed by atoms with E-state index < -0.39 is 17.7 Å². The maximum atomic E-state index is 13.3. The number of aromatic nitrogens is 2. The van der Waals surface area contributed by atoms with Crippen LogP contribution in [-0.4, -0.2) is 56.6 Å². The molecule has 1 fully saturated rings. The summed E-state index contributed by atoms with van der Waals surface area (Å²) >= 11 is 3.33. The van der Waals surface area contributed by atoms with E-state index in [1.165, 1.54) is 12.0 Å². The zero-order valence-electron chi connectivity index (χ0n) is 20.6. The van der Waals surface area contributed by atoms with Gasteiger partial charge in [-0.1, -0.05) is 19.1 Å². The van der Waals surface area contributed by atoms with Gasteiger partial charge in [-0.25, -0.2) is 4.98 Å². The Morgan fingerprint density at radius 2 is 2.00 bits per heavy atom. The summed E-state index contributed by atoms with van der Waals surface area (Å²) in [5, 5.41) is 21.7. The number of methoxy groups -OCH3 is 1. The van der Waals surface area contributed by atoms with E-state index in [9.17, 15) is 19.8 Å². The van der Waals surface area contributed by atoms with Crippen molar-refractivity contribution in [1.82, 2.24) is 14.5 Å². The van der Waals surface area contributed by atoms with Crippen LogP contribution in [0.4, 0.5) is 0 Å². The second-order valence-electron chi connectivity index (χ2n) is 8.58. The molecule has 10 heteroatoms. The summed E-state index contributed by atoms with van der Waals surface area (Å²) in [7, 11) is 1.41. The molecule has 1 aromatic heterocycles. The first-order chi connectivity index (χ1) is 17.8. The number of ether oxygens (including phenoxy) is 2. The first kappa shape index (κ1) is 26.3. The van der Waals surface area contributed by atoms with Crippen LogP contribution < -0.4 is 9.47 Å². The third kappa shape index (κ3) is 5.48. The molecule has 2 heterocycles. The monoisotopic (exact) mass is 569 g/mol. The highest BCUT2D eigenvalue weighted by Gasteiger charge is 2.46. The standard InChI is InChI=1S/C27H28BrN3O6/c1-3-12-37-19-7-4-6-17(13-19)24(32)22-23(18-14-20(28)25(33)21(15-18)36-2)31(27(35)26(22)34)10-5-9-30-11-8-29-16-30/h4,6-8,11,13-16,23,32-33H,3,5,9-10,12H2,1-2H3. The zero-order valence-corrected chi connectivity index (χ0v) is 22.1. The fourth-order valence-corrected chi connectivity index (χ4v) is 4.78. The molecule has 0 radical (unpaired) electrons. The van der Waals surface area contributed by atoms with Crippen molar-refractivity contribution < 1.29 is 29.3 Å². The van der Waals surface area contributed by atoms with Crippen LogP contribution in [0, 0.1) is 0 Å². The van der Waals surface area contributed by atoms with E-state index in [2.05, 4.69) is 20.9 Å². The highest BCUT2D eigenvalue weighted by Crippen LogP contribution is 2.44. The minimum absolute atomic E-state index is 0.0417. The van der Waals surface area contributed by atoms with E-state index in [0.29, 0.717) is 40.9 Å². The summed E-state index contributed by atoms with van der Waals surface area (Å²) in [5.74, 6) is -1.18. The Morgan fingerprint density at radius 1 is 1.19 bits per heavy atom. The van der Waals surface area contributed by atoms with Gasteiger partial charge in [0, 0.05) is 31.0 Å². The molecule has 9 nitrogen and oxygen atoms in total. The van der Waals surface area contributed by atoms with Gasteiger partial charge in [-0.2, -0.15) is 0 Å². The van der Waals surface area contributed by atoms with Gasteiger partial charge in [0.2, 0.25) is 0 Å². The third-order valence-electron chi connectivity index (χ3n) is 6.08. The van der Waals surface area contributed by atoms with Crippen molar-refractivity contribution in [3.05, 3.63) is 76.3 Å². The molecule has 1 saturated heterocycles. The van der Waals surface area contributed by atoms with Crippen molar-refractivity contribution in [3.63, 3.8) is 0 Å². The Morgan fingerprint density at radius 3 is 2.70 bits per heavy atom. The van der Waals surface area contributed by atoms with Gasteiger partial charge in [0.25, 0.3) is 11.7 Å². The number of carbonyl (C=O) groups is 2. The van der Waals surface area contributed by atoms with Crippen molar-refractivity contribution in [2.24, 2.45) is 0 Å². The second kappa shape index (κ2) is 11.5. The average Bonchev–Trinajstić information content (AvgIpc) is 3.51. The van der Waals surface area contributed by atoms with Crippen molar-refractivity contribution in [1.29, 1.82) is 0 Å². The number of hydrogen-bond donors (Lipinski definition) is 2. The summed E-state index contributed by atoms with van der Waals surface area (Å²) < 4.78 is 13.2. The number of aliphatic hydroxyl groups is 1. The average molecular weight is 570 g/mol. The number of carbonyl (C=O) groups excluding carboxylic acids is 2. The molecule has 1 aliphatic heterocycles. The van der Waals surface area contributed by atoms with Crippen LogP contribution in [-0.2, 0) is 16.1 Å². The highest BCUT2D eigenvalue weighted by molar-refractivity contribution is 9.10. The molecule has 3 aromatic rings. The number of aromatic hydroxyl groups is 1. The number of imidazole rings is 1. The lowest BCUT2D eigenvalue weighted by atomic mass is 9.95. The summed E-state index contributed by atoms with van der Waals surface area (Å²) in [4.78, 5) is 32.0. The number of benzene rings is 2. The maximum absolute atomic E-state index is 13.3. The van der Waals surface area contributed by atoms with Crippen LogP contribution >= 0.6 is 15.9 Å². The number of amides is 1. The largest absolute Gasteiger partial charge is 0.507 e. The van der Waals surface area contributed by atoms with E-state index in [1.807, 2.05) is 17.7 Å². The van der Waals surface area contributed by atoms with E-state index in [-0.39, 0.29) is 29.4 Å². The number of nitrogens with zero attached hydrogens (tertiary/aromatic N) is 3. The van der Waals surface area contributed by atoms with Gasteiger partial charge in [-0.05, 0) is 58.6 Å². The number of aryl methyl sites for hydroxylation is 1. The quantitative estimate of drug-likeness (QED) is 0.207. The third-order valence-corrected chi connectivity index (χ3v) is 6.69. The van der Waals surface area contributed by atoms with Crippen LogP contribution in [0.5, 0.6) is 17.2 Å². The molecule has 1 amide bonds. The lowest BCUT2D eigenvalue weighted by Crippen LogP contribution is -2.31. The van der Waals surface area contributed by atoms with Gasteiger partial charge in [-0.15, -0.1) is 0 Å². The van der Waals surface area contributed by atoms with Crippen LogP contribution in [0.2, 0.25) is 0 Å². The van der Waals surface area contributed by atoms with Crippen molar-refractivity contribution in [2.75, 3.05) is 20.3 Å². The summed E-state index contributed by atoms with van der Waals surface area (Å²) in [5.41, 5.74) is 0.822. The summed E-state index contributed by atoms with van der Waals surface area (Å²) in [6.07, 6.45) is 6.54. The Kier molecular flexibility index (Phi) is 8.17. The maximum Gasteiger partial charge on any atom is 0.295 e. The lowest BCUT2D eigenvalue weighted by molar-refractivity contribution is -0.139. The van der Waals surface area contributed by atoms with Crippen LogP contribution in [0.25, 0.3) is 5.76 Å². The van der Waals surface area contributed by atoms with E-state index in [1.54, 1.807) is 48.9 Å². The SMILES string of the molecule is CCCOc1cccc(C(O)=C2C(=O)C(=O)N(CCCn3ccnc3)C2c2cc(Br)c(O)c(OC)c2)c1. The highest BCUT2D eigenvalue weighted by atomic mass is 79.9. The van der Waals surface area contributed by atoms with Gasteiger partial charge >= 0.3 is 0 Å². The number of rotatable bonds is 10. The van der Waals surface area contributed by atoms with E-state index in [0.717, 1.165) is 6.42 Å². The number of likely N-dealkylation sites (tertiary alicyclic amines) is 1. The fraction of sp³-hybridized carbons (Fsp3) is 0.296. The van der Waals surface area contributed by atoms with Gasteiger partial charge in [0.15, 0.2) is 11.5 Å². The molecule has 1 atom stereocenters. The van der Waals surface area contributed by atoms with Gasteiger partial charge in [0.1, 0.15) is 11.5 Å². The molecular formula is C27H28BrN3O6. The number of halogens is 1. The molecule has 1 unspecified atom stereocenters. The Balaban J connectivity index is 1.79. The minimum atomic E-state index is -0.895. The Labute approximate surface area is 223 Å². The molecule has 0 saturated carbocycles. The number of aliphatic hydroxyl groups excluding tert-OH is 1. The van der Waals surface area contributed by atoms with Crippen LogP contribution in [0.15, 0.2) is 65.2 Å². The van der Waals surface area contributed by atoms with Crippen LogP contribution in [0.1, 0.15) is 36.9 Å². The Bertz CT molecular complexity index is 1320. The predicted octanol–water partition coefficient (Wildman–Crippen LogP) is 4.66. The number of Topliss-reactive ketones (excluding diaryl/α,β-unsaturated/α-hetero) is 1. The van der Waals surface area contributed by atoms with Crippen molar-refractivity contribution in [2.45, 2.75) is 32.4 Å². The number of phenolic OH excluding ortho intramolecular Hbond substituents is 1. The van der Waals surface area contributed by atoms with Crippen LogP contribution in [0.3, 0.4) is 0 Å². The van der Waals surface area contributed by atoms with E-state index in [4.69, 9.17) is 9.47 Å². The smallest absolute Gasteiger partial charge is 0.295 e. The number of phenols is 1. The van der Waals surface area contributed by atoms with Crippen molar-refractivity contribution in [3.8, 4) is 17.2 Å². The number of hydrogen-bond acceptors (Lipinski definition) is 7. The normalized spacial score (nSPS) is 16.8. The number of ketones is 1. The molecule has 37 heavy (non-hydrogen) atoms. The molecule has 2 N–H and O–H groups in total. The van der Waals surface area contributed by atoms with Gasteiger partial charge < -0.3 is 29.2 Å². The van der Waals surface area contributed by atoms with Gasteiger partial charge in [-0.3, -0.25) is 9.59 Å². The molecule has 0 bridgehead atoms. The fourth-order valence-electron chi connectivity index (χ4n) is 4.32. The Hall–Kier alpha value is -3.79. The zero-order chi connectivity index (χ0) is 26.5. The predicted molar refractivity (Wildman–Crippen MR) is 140 cm³/mol. The lowest BCUT2D eigenvalue weighted by Gasteiger charge is -2.26.